The Morgan fingerprint density at radius 2 is 1.38 bits per heavy atom. The van der Waals surface area contributed by atoms with E-state index >= 15 is 0 Å². The number of fused-ring (bicyclic) bond motifs is 1. The number of thioether (sulfide) groups is 1. The number of hydrogen-bond donors (Lipinski definition) is 0. The summed E-state index contributed by atoms with van der Waals surface area (Å²) in [5, 5.41) is 1.58. The van der Waals surface area contributed by atoms with Gasteiger partial charge in [0.1, 0.15) is 0 Å². The van der Waals surface area contributed by atoms with E-state index in [4.69, 9.17) is 0 Å². The van der Waals surface area contributed by atoms with E-state index in [1.54, 1.807) is 0 Å². The van der Waals surface area contributed by atoms with Gasteiger partial charge in [-0.3, -0.25) is 0 Å². The summed E-state index contributed by atoms with van der Waals surface area (Å²) in [7, 11) is 0. The van der Waals surface area contributed by atoms with Crippen molar-refractivity contribution in [2.75, 3.05) is 0 Å². The fourth-order valence-electron chi connectivity index (χ4n) is 3.92. The fourth-order valence-corrected chi connectivity index (χ4v) is 5.02. The first-order valence-corrected chi connectivity index (χ1v) is 12.0. The molecule has 4 aromatic carbocycles. The summed E-state index contributed by atoms with van der Waals surface area (Å²) >= 11 is 1.96. The van der Waals surface area contributed by atoms with Crippen LogP contribution in [-0.2, 0) is 5.75 Å². The highest BCUT2D eigenvalue weighted by molar-refractivity contribution is 7.98. The first-order valence-electron chi connectivity index (χ1n) is 10.9. The van der Waals surface area contributed by atoms with Crippen LogP contribution in [0.4, 0.5) is 0 Å². The Bertz CT molecular complexity index is 1300. The Balaban J connectivity index is 1.32. The van der Waals surface area contributed by atoms with E-state index in [1.165, 1.54) is 33.3 Å². The highest BCUT2D eigenvalue weighted by atomic mass is 32.2. The van der Waals surface area contributed by atoms with Crippen LogP contribution in [0.5, 0.6) is 0 Å². The van der Waals surface area contributed by atoms with Crippen molar-refractivity contribution in [1.29, 1.82) is 0 Å². The van der Waals surface area contributed by atoms with E-state index in [1.807, 2.05) is 11.8 Å². The molecule has 5 aromatic rings. The normalized spacial score (nSPS) is 12.4. The summed E-state index contributed by atoms with van der Waals surface area (Å²) in [5.74, 6) is 0.964. The lowest BCUT2D eigenvalue weighted by molar-refractivity contribution is 1.12. The molecule has 1 unspecified atom stereocenters. The van der Waals surface area contributed by atoms with Crippen LogP contribution in [-0.4, -0.2) is 4.57 Å². The van der Waals surface area contributed by atoms with Gasteiger partial charge in [-0.1, -0.05) is 103 Å². The van der Waals surface area contributed by atoms with Gasteiger partial charge in [0.15, 0.2) is 0 Å². The largest absolute Gasteiger partial charge is 0.317 e. The predicted octanol–water partition coefficient (Wildman–Crippen LogP) is 8.32. The maximum Gasteiger partial charge on any atom is 0.0528 e. The van der Waals surface area contributed by atoms with Crippen molar-refractivity contribution in [3.8, 4) is 5.69 Å². The quantitative estimate of drug-likeness (QED) is 0.251. The number of rotatable bonds is 7. The number of nitrogens with zero attached hydrogens (tertiary/aromatic N) is 1. The molecule has 2 heteroatoms. The van der Waals surface area contributed by atoms with Gasteiger partial charge in [-0.25, -0.2) is 0 Å². The van der Waals surface area contributed by atoms with E-state index in [0.717, 1.165) is 5.75 Å². The molecule has 0 aliphatic rings. The third-order valence-corrected chi connectivity index (χ3v) is 6.92. The average molecular weight is 432 g/mol. The Hall–Kier alpha value is -3.49. The SMILES string of the molecule is C(=C\C(SCc1ccc(-n2ccc3ccccc32)cc1)c1ccccc1)/c1ccccc1. The van der Waals surface area contributed by atoms with Crippen LogP contribution >= 0.6 is 11.8 Å². The Morgan fingerprint density at radius 3 is 2.16 bits per heavy atom. The maximum atomic E-state index is 2.32. The molecule has 1 heterocycles. The first kappa shape index (κ1) is 20.4. The molecule has 0 N–H and O–H groups in total. The standard InChI is InChI=1S/C30H25NS/c1-3-9-24(10-4-1)17-20-30(27-12-5-2-6-13-27)32-23-25-15-18-28(19-16-25)31-22-21-26-11-7-8-14-29(26)31/h1-22,30H,23H2/b20-17+. The molecule has 1 nitrogen and oxygen atoms in total. The molecular weight excluding hydrogens is 406 g/mol. The molecular formula is C30H25NS. The molecule has 0 radical (unpaired) electrons. The Labute approximate surface area is 194 Å². The molecule has 156 valence electrons. The molecule has 0 bridgehead atoms. The molecule has 0 aliphatic heterocycles. The van der Waals surface area contributed by atoms with Gasteiger partial charge in [-0.2, -0.15) is 0 Å². The number of hydrogen-bond acceptors (Lipinski definition) is 1. The van der Waals surface area contributed by atoms with Crippen molar-refractivity contribution in [2.45, 2.75) is 11.0 Å². The van der Waals surface area contributed by atoms with Crippen LogP contribution in [0.25, 0.3) is 22.7 Å². The molecule has 1 aromatic heterocycles. The second-order valence-electron chi connectivity index (χ2n) is 7.82. The van der Waals surface area contributed by atoms with Crippen molar-refractivity contribution in [3.63, 3.8) is 0 Å². The zero-order valence-corrected chi connectivity index (χ0v) is 18.7. The van der Waals surface area contributed by atoms with E-state index in [2.05, 4.69) is 138 Å². The van der Waals surface area contributed by atoms with Crippen LogP contribution in [0, 0.1) is 0 Å². The summed E-state index contributed by atoms with van der Waals surface area (Å²) in [4.78, 5) is 0. The van der Waals surface area contributed by atoms with E-state index in [0.29, 0.717) is 5.25 Å². The van der Waals surface area contributed by atoms with Crippen LogP contribution in [0.15, 0.2) is 128 Å². The molecule has 0 amide bonds. The first-order chi connectivity index (χ1) is 15.9. The van der Waals surface area contributed by atoms with Gasteiger partial charge in [-0.05, 0) is 46.3 Å². The Kier molecular flexibility index (Phi) is 6.23. The summed E-state index contributed by atoms with van der Waals surface area (Å²) in [6, 6.07) is 40.9. The minimum atomic E-state index is 0.310. The van der Waals surface area contributed by atoms with Crippen LogP contribution in [0.1, 0.15) is 21.9 Å². The Morgan fingerprint density at radius 1 is 0.688 bits per heavy atom. The van der Waals surface area contributed by atoms with Crippen molar-refractivity contribution in [2.24, 2.45) is 0 Å². The van der Waals surface area contributed by atoms with Crippen molar-refractivity contribution >= 4 is 28.7 Å². The highest BCUT2D eigenvalue weighted by Gasteiger charge is 2.09. The molecule has 0 aliphatic carbocycles. The zero-order valence-electron chi connectivity index (χ0n) is 17.8. The summed E-state index contributed by atoms with van der Waals surface area (Å²) < 4.78 is 2.25. The van der Waals surface area contributed by atoms with E-state index in [-0.39, 0.29) is 0 Å². The van der Waals surface area contributed by atoms with Crippen LogP contribution in [0.3, 0.4) is 0 Å². The fraction of sp³-hybridized carbons (Fsp3) is 0.0667. The molecule has 32 heavy (non-hydrogen) atoms. The zero-order chi connectivity index (χ0) is 21.6. The second kappa shape index (κ2) is 9.76. The van der Waals surface area contributed by atoms with Gasteiger partial charge in [0, 0.05) is 22.9 Å². The summed E-state index contributed by atoms with van der Waals surface area (Å²) in [6.07, 6.45) is 6.69. The lowest BCUT2D eigenvalue weighted by Gasteiger charge is -2.14. The van der Waals surface area contributed by atoms with E-state index in [9.17, 15) is 0 Å². The van der Waals surface area contributed by atoms with Crippen molar-refractivity contribution in [1.82, 2.24) is 4.57 Å². The average Bonchev–Trinajstić information content (AvgIpc) is 3.30. The van der Waals surface area contributed by atoms with Gasteiger partial charge < -0.3 is 4.57 Å². The van der Waals surface area contributed by atoms with Crippen LogP contribution < -0.4 is 0 Å². The number of aromatic nitrogens is 1. The number of benzene rings is 4. The third kappa shape index (κ3) is 4.71. The topological polar surface area (TPSA) is 4.93 Å². The second-order valence-corrected chi connectivity index (χ2v) is 8.95. The van der Waals surface area contributed by atoms with Gasteiger partial charge in [-0.15, -0.1) is 11.8 Å². The maximum absolute atomic E-state index is 2.32. The number of para-hydroxylation sites is 1. The molecule has 5 rings (SSSR count). The smallest absolute Gasteiger partial charge is 0.0528 e. The monoisotopic (exact) mass is 431 g/mol. The predicted molar refractivity (Wildman–Crippen MR) is 139 cm³/mol. The molecule has 0 fully saturated rings. The highest BCUT2D eigenvalue weighted by Crippen LogP contribution is 2.33. The minimum absolute atomic E-state index is 0.310. The van der Waals surface area contributed by atoms with Gasteiger partial charge in [0.2, 0.25) is 0 Å². The third-order valence-electron chi connectivity index (χ3n) is 5.63. The summed E-state index contributed by atoms with van der Waals surface area (Å²) in [5.41, 5.74) is 6.34. The van der Waals surface area contributed by atoms with Gasteiger partial charge in [0.25, 0.3) is 0 Å². The van der Waals surface area contributed by atoms with Crippen molar-refractivity contribution in [3.05, 3.63) is 144 Å². The minimum Gasteiger partial charge on any atom is -0.317 e. The van der Waals surface area contributed by atoms with Gasteiger partial charge >= 0.3 is 0 Å². The van der Waals surface area contributed by atoms with Crippen molar-refractivity contribution < 1.29 is 0 Å². The lowest BCUT2D eigenvalue weighted by Crippen LogP contribution is -1.94. The lowest BCUT2D eigenvalue weighted by atomic mass is 10.1. The van der Waals surface area contributed by atoms with Crippen LogP contribution in [0.2, 0.25) is 0 Å². The molecule has 1 atom stereocenters. The molecule has 0 spiro atoms. The van der Waals surface area contributed by atoms with Gasteiger partial charge in [0.05, 0.1) is 5.52 Å². The van der Waals surface area contributed by atoms with E-state index < -0.39 is 0 Å². The summed E-state index contributed by atoms with van der Waals surface area (Å²) in [6.45, 7) is 0. The molecule has 0 saturated heterocycles. The molecule has 0 saturated carbocycles.